The maximum Gasteiger partial charge on any atom is 0.332 e. The van der Waals surface area contributed by atoms with Crippen LogP contribution in [0.15, 0.2) is 32.7 Å². The lowest BCUT2D eigenvalue weighted by Gasteiger charge is -2.08. The smallest absolute Gasteiger partial charge is 0.332 e. The summed E-state index contributed by atoms with van der Waals surface area (Å²) in [6.07, 6.45) is 4.09. The van der Waals surface area contributed by atoms with E-state index < -0.39 is 11.2 Å². The largest absolute Gasteiger partial charge is 0.404 e. The number of hydrogen-bond acceptors (Lipinski definition) is 6. The molecule has 0 spiro atoms. The highest BCUT2D eigenvalue weighted by Gasteiger charge is 2.14. The number of aliphatic imine (C=N–C) groups is 1. The molecule has 1 amide bonds. The quantitative estimate of drug-likeness (QED) is 0.497. The van der Waals surface area contributed by atoms with Gasteiger partial charge in [-0.25, -0.2) is 9.78 Å². The van der Waals surface area contributed by atoms with Crippen LogP contribution in [0.2, 0.25) is 0 Å². The Morgan fingerprint density at radius 3 is 2.65 bits per heavy atom. The first-order valence-electron chi connectivity index (χ1n) is 8.12. The molecule has 0 atom stereocenters. The van der Waals surface area contributed by atoms with Gasteiger partial charge in [-0.3, -0.25) is 23.7 Å². The second-order valence-electron chi connectivity index (χ2n) is 6.07. The van der Waals surface area contributed by atoms with Crippen molar-refractivity contribution < 1.29 is 4.79 Å². The first-order valence-corrected chi connectivity index (χ1v) is 8.12. The SMILES string of the molecule is CC(C)N=CC(=CN)C(=O)NCCn1cnc2c1c(=O)n(C)c(=O)n2C. The molecule has 0 aromatic carbocycles. The van der Waals surface area contributed by atoms with Gasteiger partial charge in [-0.05, 0) is 13.8 Å². The molecule has 2 aromatic rings. The summed E-state index contributed by atoms with van der Waals surface area (Å²) >= 11 is 0. The molecule has 0 saturated heterocycles. The first kappa shape index (κ1) is 19.2. The molecule has 10 nitrogen and oxygen atoms in total. The zero-order chi connectivity index (χ0) is 19.4. The van der Waals surface area contributed by atoms with Gasteiger partial charge in [-0.1, -0.05) is 0 Å². The van der Waals surface area contributed by atoms with Gasteiger partial charge in [0.15, 0.2) is 11.2 Å². The predicted molar refractivity (Wildman–Crippen MR) is 99.1 cm³/mol. The number of amides is 1. The molecule has 0 saturated carbocycles. The topological polar surface area (TPSA) is 129 Å². The number of aryl methyl sites for hydroxylation is 1. The molecule has 2 aromatic heterocycles. The lowest BCUT2D eigenvalue weighted by Crippen LogP contribution is -2.38. The highest BCUT2D eigenvalue weighted by molar-refractivity contribution is 6.12. The van der Waals surface area contributed by atoms with Crippen molar-refractivity contribution in [2.45, 2.75) is 26.4 Å². The van der Waals surface area contributed by atoms with Crippen LogP contribution in [0, 0.1) is 0 Å². The van der Waals surface area contributed by atoms with Crippen molar-refractivity contribution in [3.63, 3.8) is 0 Å². The van der Waals surface area contributed by atoms with Gasteiger partial charge in [0.05, 0.1) is 11.9 Å². The van der Waals surface area contributed by atoms with Crippen LogP contribution in [0.25, 0.3) is 11.2 Å². The maximum absolute atomic E-state index is 12.3. The molecule has 0 aliphatic heterocycles. The standard InChI is InChI=1S/C16H23N7O3/c1-10(2)19-8-11(7-17)14(24)18-5-6-23-9-20-13-12(23)15(25)22(4)16(26)21(13)3/h7-10H,5-6,17H2,1-4H3,(H,18,24). The summed E-state index contributed by atoms with van der Waals surface area (Å²) in [5.74, 6) is -0.360. The van der Waals surface area contributed by atoms with E-state index in [1.807, 2.05) is 13.8 Å². The fraction of sp³-hybridized carbons (Fsp3) is 0.438. The molecule has 2 heterocycles. The monoisotopic (exact) mass is 361 g/mol. The highest BCUT2D eigenvalue weighted by atomic mass is 16.2. The normalized spacial score (nSPS) is 12.4. The van der Waals surface area contributed by atoms with Crippen molar-refractivity contribution in [2.75, 3.05) is 6.54 Å². The minimum atomic E-state index is -0.441. The highest BCUT2D eigenvalue weighted by Crippen LogP contribution is 2.04. The van der Waals surface area contributed by atoms with Crippen molar-refractivity contribution >= 4 is 23.3 Å². The number of imidazole rings is 1. The van der Waals surface area contributed by atoms with Crippen molar-refractivity contribution in [2.24, 2.45) is 24.8 Å². The van der Waals surface area contributed by atoms with E-state index in [9.17, 15) is 14.4 Å². The molecule has 0 unspecified atom stereocenters. The van der Waals surface area contributed by atoms with Crippen LogP contribution in [0.4, 0.5) is 0 Å². The van der Waals surface area contributed by atoms with Crippen LogP contribution in [0.3, 0.4) is 0 Å². The summed E-state index contributed by atoms with van der Waals surface area (Å²) in [5, 5.41) is 2.72. The summed E-state index contributed by atoms with van der Waals surface area (Å²) in [4.78, 5) is 44.6. The van der Waals surface area contributed by atoms with E-state index in [-0.39, 0.29) is 24.1 Å². The Balaban J connectivity index is 2.15. The van der Waals surface area contributed by atoms with Crippen molar-refractivity contribution in [1.82, 2.24) is 24.0 Å². The molecule has 140 valence electrons. The molecule has 0 bridgehead atoms. The van der Waals surface area contributed by atoms with E-state index in [1.165, 1.54) is 30.4 Å². The van der Waals surface area contributed by atoms with Crippen LogP contribution < -0.4 is 22.3 Å². The number of nitrogens with one attached hydrogen (secondary N) is 1. The molecule has 2 rings (SSSR count). The van der Waals surface area contributed by atoms with E-state index in [4.69, 9.17) is 5.73 Å². The minimum absolute atomic E-state index is 0.0536. The van der Waals surface area contributed by atoms with Crippen LogP contribution in [-0.2, 0) is 25.4 Å². The molecule has 10 heteroatoms. The van der Waals surface area contributed by atoms with Gasteiger partial charge in [0.2, 0.25) is 0 Å². The molecule has 0 radical (unpaired) electrons. The number of carbonyl (C=O) groups excluding carboxylic acids is 1. The molecule has 0 aliphatic rings. The van der Waals surface area contributed by atoms with Gasteiger partial charge >= 0.3 is 5.69 Å². The summed E-state index contributed by atoms with van der Waals surface area (Å²) in [6, 6.07) is 0.0536. The van der Waals surface area contributed by atoms with E-state index in [2.05, 4.69) is 15.3 Å². The minimum Gasteiger partial charge on any atom is -0.404 e. The molecule has 0 aliphatic carbocycles. The summed E-state index contributed by atoms with van der Waals surface area (Å²) < 4.78 is 3.94. The molecule has 26 heavy (non-hydrogen) atoms. The van der Waals surface area contributed by atoms with Crippen molar-refractivity contribution in [3.05, 3.63) is 38.9 Å². The zero-order valence-corrected chi connectivity index (χ0v) is 15.3. The van der Waals surface area contributed by atoms with E-state index >= 15 is 0 Å². The third-order valence-corrected chi connectivity index (χ3v) is 3.81. The molecular formula is C16H23N7O3. The maximum atomic E-state index is 12.3. The van der Waals surface area contributed by atoms with Crippen LogP contribution in [0.1, 0.15) is 13.8 Å². The second-order valence-corrected chi connectivity index (χ2v) is 6.07. The molecule has 0 fully saturated rings. The summed E-state index contributed by atoms with van der Waals surface area (Å²) in [7, 11) is 2.96. The van der Waals surface area contributed by atoms with E-state index in [0.717, 1.165) is 4.57 Å². The van der Waals surface area contributed by atoms with Crippen LogP contribution in [0.5, 0.6) is 0 Å². The van der Waals surface area contributed by atoms with Gasteiger partial charge in [-0.2, -0.15) is 0 Å². The number of hydrogen-bond donors (Lipinski definition) is 2. The lowest BCUT2D eigenvalue weighted by molar-refractivity contribution is -0.117. The Morgan fingerprint density at radius 2 is 2.04 bits per heavy atom. The molecule has 3 N–H and O–H groups in total. The average Bonchev–Trinajstić information content (AvgIpc) is 3.02. The molecular weight excluding hydrogens is 338 g/mol. The van der Waals surface area contributed by atoms with Gasteiger partial charge in [0.1, 0.15) is 0 Å². The van der Waals surface area contributed by atoms with Crippen molar-refractivity contribution in [1.29, 1.82) is 0 Å². The van der Waals surface area contributed by atoms with Gasteiger partial charge in [0, 0.05) is 45.6 Å². The van der Waals surface area contributed by atoms with Crippen molar-refractivity contribution in [3.8, 4) is 0 Å². The van der Waals surface area contributed by atoms with Gasteiger partial charge < -0.3 is 15.6 Å². The van der Waals surface area contributed by atoms with Crippen LogP contribution >= 0.6 is 0 Å². The van der Waals surface area contributed by atoms with E-state index in [0.29, 0.717) is 17.7 Å². The Labute approximate surface area is 149 Å². The Hall–Kier alpha value is -3.17. The number of nitrogens with zero attached hydrogens (tertiary/aromatic N) is 5. The third kappa shape index (κ3) is 3.73. The summed E-state index contributed by atoms with van der Waals surface area (Å²) in [6.45, 7) is 4.35. The number of fused-ring (bicyclic) bond motifs is 1. The van der Waals surface area contributed by atoms with E-state index in [1.54, 1.807) is 11.6 Å². The average molecular weight is 361 g/mol. The predicted octanol–water partition coefficient (Wildman–Crippen LogP) is -1.13. The van der Waals surface area contributed by atoms with Crippen LogP contribution in [-0.4, -0.2) is 43.4 Å². The Kier molecular flexibility index (Phi) is 5.75. The van der Waals surface area contributed by atoms with Gasteiger partial charge in [0.25, 0.3) is 11.5 Å². The fourth-order valence-electron chi connectivity index (χ4n) is 2.37. The second kappa shape index (κ2) is 7.81. The number of carbonyl (C=O) groups is 1. The number of rotatable bonds is 6. The zero-order valence-electron chi connectivity index (χ0n) is 15.3. The number of nitrogens with two attached hydrogens (primary N) is 1. The van der Waals surface area contributed by atoms with Gasteiger partial charge in [-0.15, -0.1) is 0 Å². The Bertz CT molecular complexity index is 992. The Morgan fingerprint density at radius 1 is 1.35 bits per heavy atom. The lowest BCUT2D eigenvalue weighted by atomic mass is 10.3. The first-order chi connectivity index (χ1) is 12.3. The fourth-order valence-corrected chi connectivity index (χ4v) is 2.37. The number of aromatic nitrogens is 4. The summed E-state index contributed by atoms with van der Waals surface area (Å²) in [5.41, 5.74) is 5.45. The third-order valence-electron chi connectivity index (χ3n) is 3.81.